The van der Waals surface area contributed by atoms with Crippen molar-refractivity contribution in [2.24, 2.45) is 0 Å². The zero-order chi connectivity index (χ0) is 14.4. The van der Waals surface area contributed by atoms with Crippen molar-refractivity contribution in [1.29, 1.82) is 5.26 Å². The Labute approximate surface area is 128 Å². The van der Waals surface area contributed by atoms with Crippen LogP contribution in [0.1, 0.15) is 37.4 Å². The highest BCUT2D eigenvalue weighted by atomic mass is 79.9. The average Bonchev–Trinajstić information content (AvgIpc) is 2.96. The summed E-state index contributed by atoms with van der Waals surface area (Å²) in [5, 5.41) is 9.84. The molecule has 1 N–H and O–H groups in total. The second kappa shape index (κ2) is 6.71. The summed E-state index contributed by atoms with van der Waals surface area (Å²) >= 11 is 3.50. The first-order valence-corrected chi connectivity index (χ1v) is 7.64. The van der Waals surface area contributed by atoms with E-state index in [-0.39, 0.29) is 0 Å². The number of H-pyrrole nitrogens is 1. The molecule has 0 saturated heterocycles. The highest BCUT2D eigenvalue weighted by Crippen LogP contribution is 2.34. The Kier molecular flexibility index (Phi) is 4.97. The largest absolute Gasteiger partial charge is 0.351 e. The van der Waals surface area contributed by atoms with Crippen LogP contribution in [0.5, 0.6) is 0 Å². The predicted octanol–water partition coefficient (Wildman–Crippen LogP) is 4.37. The monoisotopic (exact) mass is 331 g/mol. The van der Waals surface area contributed by atoms with Gasteiger partial charge in [-0.3, -0.25) is 0 Å². The first-order valence-electron chi connectivity index (χ1n) is 6.85. The van der Waals surface area contributed by atoms with Gasteiger partial charge >= 0.3 is 0 Å². The highest BCUT2D eigenvalue weighted by Gasteiger charge is 2.33. The van der Waals surface area contributed by atoms with Crippen LogP contribution in [-0.4, -0.2) is 9.97 Å². The number of rotatable bonds is 6. The summed E-state index contributed by atoms with van der Waals surface area (Å²) in [7, 11) is 0. The fraction of sp³-hybridized carbons (Fsp3) is 0.375. The van der Waals surface area contributed by atoms with Gasteiger partial charge in [0.2, 0.25) is 0 Å². The van der Waals surface area contributed by atoms with Crippen molar-refractivity contribution in [2.75, 3.05) is 0 Å². The molecule has 1 aromatic carbocycles. The zero-order valence-corrected chi connectivity index (χ0v) is 13.2. The minimum atomic E-state index is -0.505. The van der Waals surface area contributed by atoms with E-state index in [4.69, 9.17) is 0 Å². The lowest BCUT2D eigenvalue weighted by Crippen LogP contribution is -2.27. The van der Waals surface area contributed by atoms with Crippen LogP contribution in [0.4, 0.5) is 0 Å². The molecule has 0 spiro atoms. The quantitative estimate of drug-likeness (QED) is 0.854. The molecule has 0 aliphatic carbocycles. The number of hydrogen-bond acceptors (Lipinski definition) is 2. The van der Waals surface area contributed by atoms with Crippen molar-refractivity contribution in [3.05, 3.63) is 52.5 Å². The van der Waals surface area contributed by atoms with Crippen LogP contribution < -0.4 is 0 Å². The number of imidazole rings is 1. The van der Waals surface area contributed by atoms with Gasteiger partial charge < -0.3 is 4.98 Å². The van der Waals surface area contributed by atoms with E-state index in [0.717, 1.165) is 35.0 Å². The van der Waals surface area contributed by atoms with Gasteiger partial charge in [0.25, 0.3) is 0 Å². The maximum Gasteiger partial charge on any atom is 0.0923 e. The van der Waals surface area contributed by atoms with Crippen LogP contribution in [0, 0.1) is 11.3 Å². The Hall–Kier alpha value is -1.60. The van der Waals surface area contributed by atoms with E-state index in [1.165, 1.54) is 0 Å². The summed E-state index contributed by atoms with van der Waals surface area (Å²) in [6, 6.07) is 10.6. The molecule has 0 bridgehead atoms. The molecule has 0 aliphatic heterocycles. The second-order valence-corrected chi connectivity index (χ2v) is 5.96. The number of unbranched alkanes of at least 4 members (excludes halogenated alkanes) is 1. The summed E-state index contributed by atoms with van der Waals surface area (Å²) in [4.78, 5) is 7.25. The van der Waals surface area contributed by atoms with Gasteiger partial charge in [0.05, 0.1) is 23.5 Å². The fourth-order valence-electron chi connectivity index (χ4n) is 2.46. The molecule has 104 valence electrons. The summed E-state index contributed by atoms with van der Waals surface area (Å²) in [6.45, 7) is 2.15. The normalized spacial score (nSPS) is 13.7. The molecule has 0 saturated carbocycles. The van der Waals surface area contributed by atoms with Gasteiger partial charge in [-0.1, -0.05) is 47.8 Å². The molecule has 20 heavy (non-hydrogen) atoms. The number of nitrogens with one attached hydrogen (secondary N) is 1. The molecule has 0 amide bonds. The van der Waals surface area contributed by atoms with Crippen LogP contribution in [0.25, 0.3) is 0 Å². The van der Waals surface area contributed by atoms with Crippen molar-refractivity contribution in [1.82, 2.24) is 9.97 Å². The third-order valence-corrected chi connectivity index (χ3v) is 4.08. The number of halogens is 1. The molecule has 2 rings (SSSR count). The first kappa shape index (κ1) is 14.8. The van der Waals surface area contributed by atoms with E-state index in [9.17, 15) is 5.26 Å². The highest BCUT2D eigenvalue weighted by molar-refractivity contribution is 9.10. The van der Waals surface area contributed by atoms with Gasteiger partial charge in [0, 0.05) is 17.1 Å². The van der Waals surface area contributed by atoms with Crippen molar-refractivity contribution < 1.29 is 0 Å². The number of aromatic nitrogens is 2. The lowest BCUT2D eigenvalue weighted by molar-refractivity contribution is 0.472. The minimum Gasteiger partial charge on any atom is -0.351 e. The number of nitriles is 1. The third kappa shape index (κ3) is 3.29. The Bertz CT molecular complexity index is 586. The van der Waals surface area contributed by atoms with Crippen LogP contribution in [0.15, 0.2) is 41.3 Å². The molecule has 1 atom stereocenters. The van der Waals surface area contributed by atoms with E-state index in [1.807, 2.05) is 30.5 Å². The number of nitrogens with zero attached hydrogens (tertiary/aromatic N) is 2. The van der Waals surface area contributed by atoms with E-state index in [0.29, 0.717) is 6.42 Å². The molecule has 0 aliphatic rings. The van der Waals surface area contributed by atoms with Gasteiger partial charge in [-0.05, 0) is 24.1 Å². The van der Waals surface area contributed by atoms with Gasteiger partial charge in [-0.25, -0.2) is 4.98 Å². The average molecular weight is 332 g/mol. The molecule has 0 fully saturated rings. The Morgan fingerprint density at radius 1 is 1.45 bits per heavy atom. The Balaban J connectivity index is 2.39. The molecule has 3 nitrogen and oxygen atoms in total. The molecule has 4 heteroatoms. The van der Waals surface area contributed by atoms with Crippen LogP contribution >= 0.6 is 15.9 Å². The lowest BCUT2D eigenvalue weighted by atomic mass is 9.74. The number of hydrogen-bond donors (Lipinski definition) is 1. The van der Waals surface area contributed by atoms with E-state index in [2.05, 4.69) is 38.9 Å². The zero-order valence-electron chi connectivity index (χ0n) is 11.6. The van der Waals surface area contributed by atoms with Gasteiger partial charge in [-0.2, -0.15) is 5.26 Å². The predicted molar refractivity (Wildman–Crippen MR) is 83.2 cm³/mol. The summed E-state index contributed by atoms with van der Waals surface area (Å²) in [5.74, 6) is 0. The van der Waals surface area contributed by atoms with Crippen molar-refractivity contribution in [3.8, 4) is 6.07 Å². The van der Waals surface area contributed by atoms with Crippen molar-refractivity contribution in [3.63, 3.8) is 0 Å². The van der Waals surface area contributed by atoms with Crippen molar-refractivity contribution in [2.45, 2.75) is 38.0 Å². The molecular formula is C16H18BrN3. The lowest BCUT2D eigenvalue weighted by Gasteiger charge is -2.26. The fourth-order valence-corrected chi connectivity index (χ4v) is 2.86. The van der Waals surface area contributed by atoms with Crippen LogP contribution in [0.2, 0.25) is 0 Å². The van der Waals surface area contributed by atoms with E-state index >= 15 is 0 Å². The van der Waals surface area contributed by atoms with Gasteiger partial charge in [0.1, 0.15) is 0 Å². The first-order chi connectivity index (χ1) is 9.70. The Morgan fingerprint density at radius 2 is 2.30 bits per heavy atom. The van der Waals surface area contributed by atoms with E-state index < -0.39 is 5.41 Å². The van der Waals surface area contributed by atoms with Gasteiger partial charge in [-0.15, -0.1) is 0 Å². The smallest absolute Gasteiger partial charge is 0.0923 e. The molecule has 1 aromatic heterocycles. The number of benzene rings is 1. The Morgan fingerprint density at radius 3 is 2.90 bits per heavy atom. The second-order valence-electron chi connectivity index (χ2n) is 5.05. The molecule has 0 radical (unpaired) electrons. The maximum atomic E-state index is 9.84. The molecule has 2 aromatic rings. The SMILES string of the molecule is CCCCC(C#N)(Cc1c[nH]cn1)c1cccc(Br)c1. The molecule has 1 heterocycles. The summed E-state index contributed by atoms with van der Waals surface area (Å²) in [6.07, 6.45) is 7.14. The van der Waals surface area contributed by atoms with Crippen LogP contribution in [-0.2, 0) is 11.8 Å². The summed E-state index contributed by atoms with van der Waals surface area (Å²) < 4.78 is 1.01. The molecular weight excluding hydrogens is 314 g/mol. The van der Waals surface area contributed by atoms with Crippen molar-refractivity contribution >= 4 is 15.9 Å². The van der Waals surface area contributed by atoms with E-state index in [1.54, 1.807) is 6.33 Å². The van der Waals surface area contributed by atoms with Crippen LogP contribution in [0.3, 0.4) is 0 Å². The minimum absolute atomic E-state index is 0.505. The maximum absolute atomic E-state index is 9.84. The topological polar surface area (TPSA) is 52.5 Å². The summed E-state index contributed by atoms with van der Waals surface area (Å²) in [5.41, 5.74) is 1.49. The number of aromatic amines is 1. The standard InChI is InChI=1S/C16H18BrN3/c1-2-3-7-16(11-18,9-15-10-19-12-20-15)13-5-4-6-14(17)8-13/h4-6,8,10,12H,2-3,7,9H2,1H3,(H,19,20). The molecule has 1 unspecified atom stereocenters. The third-order valence-electron chi connectivity index (χ3n) is 3.59. The van der Waals surface area contributed by atoms with Gasteiger partial charge in [0.15, 0.2) is 0 Å².